The molecule has 2 aliphatic rings. The highest BCUT2D eigenvalue weighted by Crippen LogP contribution is 2.32. The van der Waals surface area contributed by atoms with Crippen molar-refractivity contribution in [3.8, 4) is 0 Å². The van der Waals surface area contributed by atoms with Crippen molar-refractivity contribution in [1.29, 1.82) is 0 Å². The second-order valence-corrected chi connectivity index (χ2v) is 6.33. The van der Waals surface area contributed by atoms with E-state index < -0.39 is 6.04 Å². The van der Waals surface area contributed by atoms with Crippen LogP contribution in [0.3, 0.4) is 0 Å². The Hall–Kier alpha value is -2.18. The number of fused-ring (bicyclic) bond motifs is 3. The lowest BCUT2D eigenvalue weighted by Gasteiger charge is -2.31. The highest BCUT2D eigenvalue weighted by atomic mass is 16.4. The number of oxazole rings is 1. The van der Waals surface area contributed by atoms with Gasteiger partial charge < -0.3 is 4.42 Å². The Balaban J connectivity index is 2.10. The molecule has 0 spiro atoms. The third-order valence-electron chi connectivity index (χ3n) is 3.83. The molecular weight excluding hydrogens is 272 g/mol. The molecule has 7 nitrogen and oxygen atoms in total. The van der Waals surface area contributed by atoms with E-state index in [1.165, 1.54) is 9.80 Å². The summed E-state index contributed by atoms with van der Waals surface area (Å²) in [5, 5.41) is 0. The van der Waals surface area contributed by atoms with E-state index >= 15 is 0 Å². The Morgan fingerprint density at radius 3 is 2.62 bits per heavy atom. The van der Waals surface area contributed by atoms with E-state index in [1.807, 2.05) is 27.0 Å². The summed E-state index contributed by atoms with van der Waals surface area (Å²) in [7, 11) is 1.63. The lowest BCUT2D eigenvalue weighted by molar-refractivity contribution is -0.679. The Bertz CT molecular complexity index is 668. The summed E-state index contributed by atoms with van der Waals surface area (Å²) >= 11 is 0. The first-order chi connectivity index (χ1) is 9.75. The second-order valence-electron chi connectivity index (χ2n) is 6.33. The van der Waals surface area contributed by atoms with Crippen molar-refractivity contribution in [3.63, 3.8) is 0 Å². The smallest absolute Gasteiger partial charge is 0.389 e. The molecule has 0 radical (unpaired) electrons. The van der Waals surface area contributed by atoms with Crippen LogP contribution in [-0.2, 0) is 10.2 Å². The molecule has 1 unspecified atom stereocenters. The fourth-order valence-electron chi connectivity index (χ4n) is 2.55. The average Bonchev–Trinajstić information content (AvgIpc) is 2.93. The number of rotatable bonds is 1. The van der Waals surface area contributed by atoms with E-state index in [4.69, 9.17) is 4.42 Å². The van der Waals surface area contributed by atoms with Gasteiger partial charge in [-0.1, -0.05) is 20.8 Å². The summed E-state index contributed by atoms with van der Waals surface area (Å²) in [5.74, 6) is 0.925. The molecule has 7 heteroatoms. The SMILES string of the molecule is CCN1C(=O)C2C(=Nc3oc(C(C)(C)C)c[n+]32)N(C)C1=O. The number of imide groups is 1. The van der Waals surface area contributed by atoms with E-state index in [2.05, 4.69) is 4.99 Å². The van der Waals surface area contributed by atoms with Crippen LogP contribution in [0.1, 0.15) is 39.5 Å². The van der Waals surface area contributed by atoms with Gasteiger partial charge in [0.2, 0.25) is 0 Å². The Labute approximate surface area is 122 Å². The van der Waals surface area contributed by atoms with E-state index in [9.17, 15) is 9.59 Å². The number of hydrogen-bond acceptors (Lipinski definition) is 4. The summed E-state index contributed by atoms with van der Waals surface area (Å²) in [4.78, 5) is 31.6. The number of hydrogen-bond donors (Lipinski definition) is 0. The lowest BCUT2D eigenvalue weighted by atomic mass is 9.94. The van der Waals surface area contributed by atoms with Crippen LogP contribution in [-0.4, -0.2) is 41.2 Å². The molecule has 3 rings (SSSR count). The molecule has 0 N–H and O–H groups in total. The first-order valence-electron chi connectivity index (χ1n) is 6.98. The van der Waals surface area contributed by atoms with Gasteiger partial charge in [0.25, 0.3) is 17.8 Å². The fraction of sp³-hybridized carbons (Fsp3) is 0.571. The van der Waals surface area contributed by atoms with Gasteiger partial charge in [0.05, 0.1) is 0 Å². The minimum Gasteiger partial charge on any atom is -0.389 e. The van der Waals surface area contributed by atoms with Crippen molar-refractivity contribution in [1.82, 2.24) is 9.80 Å². The first-order valence-corrected chi connectivity index (χ1v) is 6.98. The normalized spacial score (nSPS) is 21.6. The minimum absolute atomic E-state index is 0.170. The summed E-state index contributed by atoms with van der Waals surface area (Å²) in [6, 6.07) is -0.590. The summed E-state index contributed by atoms with van der Waals surface area (Å²) in [6.07, 6.45) is 1.81. The van der Waals surface area contributed by atoms with Crippen LogP contribution >= 0.6 is 0 Å². The van der Waals surface area contributed by atoms with Crippen molar-refractivity contribution in [3.05, 3.63) is 12.0 Å². The molecule has 1 saturated heterocycles. The zero-order valence-electron chi connectivity index (χ0n) is 12.9. The molecular formula is C14H19N4O3+. The average molecular weight is 291 g/mol. The number of carbonyl (C=O) groups is 2. The fourth-order valence-corrected chi connectivity index (χ4v) is 2.55. The number of urea groups is 1. The van der Waals surface area contributed by atoms with Crippen LogP contribution in [0, 0.1) is 0 Å². The monoisotopic (exact) mass is 291 g/mol. The van der Waals surface area contributed by atoms with Gasteiger partial charge in [-0.2, -0.15) is 4.57 Å². The molecule has 0 bridgehead atoms. The maximum atomic E-state index is 12.6. The Morgan fingerprint density at radius 1 is 1.38 bits per heavy atom. The topological polar surface area (TPSA) is 70.0 Å². The van der Waals surface area contributed by atoms with Crippen molar-refractivity contribution < 1.29 is 18.6 Å². The first kappa shape index (κ1) is 13.8. The molecule has 1 aromatic heterocycles. The maximum absolute atomic E-state index is 12.6. The van der Waals surface area contributed by atoms with Gasteiger partial charge in [-0.3, -0.25) is 14.6 Å². The van der Waals surface area contributed by atoms with Gasteiger partial charge in [0, 0.05) is 24.0 Å². The molecule has 2 aliphatic heterocycles. The van der Waals surface area contributed by atoms with E-state index in [0.717, 1.165) is 5.76 Å². The lowest BCUT2D eigenvalue weighted by Crippen LogP contribution is -2.62. The highest BCUT2D eigenvalue weighted by molar-refractivity contribution is 6.18. The second kappa shape index (κ2) is 4.16. The third-order valence-corrected chi connectivity index (χ3v) is 3.83. The molecule has 1 fully saturated rings. The number of aliphatic imine (C=N–C) groups is 1. The molecule has 21 heavy (non-hydrogen) atoms. The van der Waals surface area contributed by atoms with Crippen LogP contribution in [0.25, 0.3) is 0 Å². The molecule has 1 aromatic rings. The van der Waals surface area contributed by atoms with Crippen molar-refractivity contribution >= 4 is 23.8 Å². The van der Waals surface area contributed by atoms with Crippen LogP contribution in [0.5, 0.6) is 0 Å². The number of nitrogens with zero attached hydrogens (tertiary/aromatic N) is 4. The maximum Gasteiger partial charge on any atom is 0.506 e. The number of amidine groups is 1. The zero-order chi connectivity index (χ0) is 15.5. The van der Waals surface area contributed by atoms with Crippen LogP contribution in [0.4, 0.5) is 10.8 Å². The van der Waals surface area contributed by atoms with E-state index in [0.29, 0.717) is 18.4 Å². The van der Waals surface area contributed by atoms with Gasteiger partial charge in [-0.25, -0.2) is 4.79 Å². The van der Waals surface area contributed by atoms with Gasteiger partial charge >= 0.3 is 12.0 Å². The Kier molecular flexibility index (Phi) is 2.73. The van der Waals surface area contributed by atoms with Crippen molar-refractivity contribution in [2.75, 3.05) is 13.6 Å². The summed E-state index contributed by atoms with van der Waals surface area (Å²) in [6.45, 7) is 8.21. The molecule has 0 aliphatic carbocycles. The Morgan fingerprint density at radius 2 is 2.05 bits per heavy atom. The molecule has 0 saturated carbocycles. The van der Waals surface area contributed by atoms with E-state index in [1.54, 1.807) is 18.5 Å². The van der Waals surface area contributed by atoms with Gasteiger partial charge in [-0.15, -0.1) is 0 Å². The predicted molar refractivity (Wildman–Crippen MR) is 74.3 cm³/mol. The highest BCUT2D eigenvalue weighted by Gasteiger charge is 2.55. The molecule has 112 valence electrons. The van der Waals surface area contributed by atoms with Gasteiger partial charge in [0.1, 0.15) is 6.20 Å². The summed E-state index contributed by atoms with van der Waals surface area (Å²) in [5.41, 5.74) is -0.170. The van der Waals surface area contributed by atoms with Crippen molar-refractivity contribution in [2.45, 2.75) is 39.2 Å². The molecule has 1 atom stereocenters. The number of carbonyl (C=O) groups excluding carboxylic acids is 2. The van der Waals surface area contributed by atoms with E-state index in [-0.39, 0.29) is 17.4 Å². The number of amides is 3. The standard InChI is InChI=1S/C14H19N4O3/c1-6-17-11(19)9-10(16(5)13(17)20)15-12-18(9)7-8(21-12)14(2,3)4/h7,9H,6H2,1-5H3/q+1. The number of aromatic nitrogens is 1. The molecule has 0 aromatic carbocycles. The van der Waals surface area contributed by atoms with Gasteiger partial charge in [0.15, 0.2) is 5.76 Å². The predicted octanol–water partition coefficient (Wildman–Crippen LogP) is 1.36. The van der Waals surface area contributed by atoms with Crippen LogP contribution < -0.4 is 4.57 Å². The van der Waals surface area contributed by atoms with Crippen LogP contribution in [0.2, 0.25) is 0 Å². The third kappa shape index (κ3) is 1.80. The van der Waals surface area contributed by atoms with Crippen molar-refractivity contribution in [2.24, 2.45) is 4.99 Å². The summed E-state index contributed by atoms with van der Waals surface area (Å²) < 4.78 is 7.46. The largest absolute Gasteiger partial charge is 0.506 e. The zero-order valence-corrected chi connectivity index (χ0v) is 12.9. The minimum atomic E-state index is -0.609. The molecule has 3 heterocycles. The van der Waals surface area contributed by atoms with Crippen LogP contribution in [0.15, 0.2) is 15.6 Å². The molecule has 3 amide bonds. The van der Waals surface area contributed by atoms with Gasteiger partial charge in [-0.05, 0) is 6.92 Å². The quantitative estimate of drug-likeness (QED) is 0.734. The number of likely N-dealkylation sites (N-methyl/N-ethyl adjacent to an activating group) is 2.